The maximum absolute atomic E-state index is 10.3. The summed E-state index contributed by atoms with van der Waals surface area (Å²) in [5, 5.41) is 23.4. The summed E-state index contributed by atoms with van der Waals surface area (Å²) < 4.78 is 15.7. The lowest BCUT2D eigenvalue weighted by atomic mass is 9.99. The first-order chi connectivity index (χ1) is 10.6. The van der Waals surface area contributed by atoms with E-state index >= 15 is 0 Å². The number of fused-ring (bicyclic) bond motifs is 3. The predicted octanol–water partition coefficient (Wildman–Crippen LogP) is 3.43. The fourth-order valence-corrected chi connectivity index (χ4v) is 2.69. The van der Waals surface area contributed by atoms with Crippen LogP contribution in [0, 0.1) is 0 Å². The van der Waals surface area contributed by atoms with Crippen molar-refractivity contribution in [3.8, 4) is 28.7 Å². The number of hydrogen-bond acceptors (Lipinski definition) is 5. The average Bonchev–Trinajstić information content (AvgIpc) is 2.53. The zero-order valence-corrected chi connectivity index (χ0v) is 12.5. The molecule has 0 aromatic heterocycles. The van der Waals surface area contributed by atoms with Crippen LogP contribution in [0.4, 0.5) is 0 Å². The molecule has 3 rings (SSSR count). The van der Waals surface area contributed by atoms with Gasteiger partial charge in [0.05, 0.1) is 21.3 Å². The molecule has 0 saturated heterocycles. The van der Waals surface area contributed by atoms with Crippen LogP contribution >= 0.6 is 0 Å². The smallest absolute Gasteiger partial charge is 0.201 e. The van der Waals surface area contributed by atoms with Crippen molar-refractivity contribution in [1.82, 2.24) is 0 Å². The molecule has 22 heavy (non-hydrogen) atoms. The normalized spacial score (nSPS) is 10.9. The number of phenolic OH excluding ortho intramolecular Hbond substituents is 2. The Morgan fingerprint density at radius 3 is 2.09 bits per heavy atom. The standard InChI is InChI=1S/C17H16O5/c1-20-13-8-11-9(6-12(13)18)4-5-10-7-14(21-2)16(19)17(22-3)15(10)11/h4-8,18-19H,1-3H3. The van der Waals surface area contributed by atoms with Crippen molar-refractivity contribution in [2.24, 2.45) is 0 Å². The zero-order chi connectivity index (χ0) is 15.9. The summed E-state index contributed by atoms with van der Waals surface area (Å²) in [7, 11) is 4.47. The Labute approximate surface area is 127 Å². The Kier molecular flexibility index (Phi) is 3.33. The molecular formula is C17H16O5. The third kappa shape index (κ3) is 1.94. The SMILES string of the molecule is COc1cc2c(ccc3cc(OC)c(O)c(OC)c32)cc1O. The van der Waals surface area contributed by atoms with E-state index in [1.54, 1.807) is 18.2 Å². The van der Waals surface area contributed by atoms with Crippen molar-refractivity contribution >= 4 is 21.5 Å². The minimum atomic E-state index is -0.0583. The molecule has 5 heteroatoms. The van der Waals surface area contributed by atoms with Crippen LogP contribution in [-0.4, -0.2) is 31.5 Å². The van der Waals surface area contributed by atoms with Gasteiger partial charge in [-0.2, -0.15) is 0 Å². The summed E-state index contributed by atoms with van der Waals surface area (Å²) in [6.07, 6.45) is 0. The van der Waals surface area contributed by atoms with Gasteiger partial charge >= 0.3 is 0 Å². The van der Waals surface area contributed by atoms with Crippen molar-refractivity contribution in [2.45, 2.75) is 0 Å². The lowest BCUT2D eigenvalue weighted by molar-refractivity contribution is 0.343. The molecule has 0 radical (unpaired) electrons. The quantitative estimate of drug-likeness (QED) is 0.725. The molecule has 0 fully saturated rings. The summed E-state index contributed by atoms with van der Waals surface area (Å²) in [6, 6.07) is 8.85. The number of hydrogen-bond donors (Lipinski definition) is 2. The third-order valence-corrected chi connectivity index (χ3v) is 3.74. The van der Waals surface area contributed by atoms with Crippen LogP contribution in [-0.2, 0) is 0 Å². The van der Waals surface area contributed by atoms with Crippen LogP contribution in [0.1, 0.15) is 0 Å². The Balaban J connectivity index is 2.51. The Bertz CT molecular complexity index is 870. The van der Waals surface area contributed by atoms with Crippen LogP contribution < -0.4 is 14.2 Å². The number of rotatable bonds is 3. The van der Waals surface area contributed by atoms with E-state index in [0.29, 0.717) is 17.2 Å². The van der Waals surface area contributed by atoms with Gasteiger partial charge in [0.25, 0.3) is 0 Å². The van der Waals surface area contributed by atoms with Gasteiger partial charge in [0, 0.05) is 5.39 Å². The molecule has 3 aromatic carbocycles. The highest BCUT2D eigenvalue weighted by Gasteiger charge is 2.17. The maximum atomic E-state index is 10.3. The van der Waals surface area contributed by atoms with E-state index in [1.165, 1.54) is 21.3 Å². The fourth-order valence-electron chi connectivity index (χ4n) is 2.69. The van der Waals surface area contributed by atoms with Gasteiger partial charge in [0.2, 0.25) is 5.75 Å². The van der Waals surface area contributed by atoms with Crippen molar-refractivity contribution in [1.29, 1.82) is 0 Å². The average molecular weight is 300 g/mol. The molecule has 0 aliphatic heterocycles. The number of aromatic hydroxyl groups is 2. The molecule has 0 saturated carbocycles. The first-order valence-electron chi connectivity index (χ1n) is 6.68. The highest BCUT2D eigenvalue weighted by molar-refractivity contribution is 6.13. The van der Waals surface area contributed by atoms with Crippen molar-refractivity contribution in [2.75, 3.05) is 21.3 Å². The van der Waals surface area contributed by atoms with Crippen LogP contribution in [0.2, 0.25) is 0 Å². The first kappa shape index (κ1) is 14.1. The van der Waals surface area contributed by atoms with Crippen molar-refractivity contribution in [3.05, 3.63) is 30.3 Å². The van der Waals surface area contributed by atoms with E-state index in [9.17, 15) is 10.2 Å². The molecule has 5 nitrogen and oxygen atoms in total. The minimum Gasteiger partial charge on any atom is -0.504 e. The number of phenols is 2. The summed E-state index contributed by atoms with van der Waals surface area (Å²) in [6.45, 7) is 0. The van der Waals surface area contributed by atoms with Crippen LogP contribution in [0.5, 0.6) is 28.7 Å². The monoisotopic (exact) mass is 300 g/mol. The second-order valence-corrected chi connectivity index (χ2v) is 4.87. The molecule has 0 aliphatic rings. The number of methoxy groups -OCH3 is 3. The van der Waals surface area contributed by atoms with Crippen LogP contribution in [0.25, 0.3) is 21.5 Å². The Morgan fingerprint density at radius 1 is 0.773 bits per heavy atom. The predicted molar refractivity (Wildman–Crippen MR) is 84.4 cm³/mol. The van der Waals surface area contributed by atoms with Gasteiger partial charge in [0.1, 0.15) is 0 Å². The minimum absolute atomic E-state index is 0.0583. The second-order valence-electron chi connectivity index (χ2n) is 4.87. The molecule has 0 aliphatic carbocycles. The van der Waals surface area contributed by atoms with Gasteiger partial charge in [-0.3, -0.25) is 0 Å². The van der Waals surface area contributed by atoms with Crippen LogP contribution in [0.15, 0.2) is 30.3 Å². The molecular weight excluding hydrogens is 284 g/mol. The summed E-state index contributed by atoms with van der Waals surface area (Å²) in [4.78, 5) is 0. The first-order valence-corrected chi connectivity index (χ1v) is 6.68. The third-order valence-electron chi connectivity index (χ3n) is 3.74. The van der Waals surface area contributed by atoms with Crippen molar-refractivity contribution < 1.29 is 24.4 Å². The molecule has 0 atom stereocenters. The molecule has 0 amide bonds. The largest absolute Gasteiger partial charge is 0.504 e. The molecule has 0 bridgehead atoms. The van der Waals surface area contributed by atoms with Gasteiger partial charge in [-0.1, -0.05) is 12.1 Å². The van der Waals surface area contributed by atoms with Crippen molar-refractivity contribution in [3.63, 3.8) is 0 Å². The summed E-state index contributed by atoms with van der Waals surface area (Å²) in [5.41, 5.74) is 0. The van der Waals surface area contributed by atoms with Gasteiger partial charge < -0.3 is 24.4 Å². The topological polar surface area (TPSA) is 68.2 Å². The van der Waals surface area contributed by atoms with Gasteiger partial charge in [-0.25, -0.2) is 0 Å². The Morgan fingerprint density at radius 2 is 1.45 bits per heavy atom. The van der Waals surface area contributed by atoms with E-state index in [4.69, 9.17) is 14.2 Å². The lowest BCUT2D eigenvalue weighted by Crippen LogP contribution is -1.92. The Hall–Kier alpha value is -2.82. The summed E-state index contributed by atoms with van der Waals surface area (Å²) >= 11 is 0. The van der Waals surface area contributed by atoms with Gasteiger partial charge in [0.15, 0.2) is 23.0 Å². The number of benzene rings is 3. The van der Waals surface area contributed by atoms with Gasteiger partial charge in [-0.05, 0) is 34.4 Å². The van der Waals surface area contributed by atoms with E-state index < -0.39 is 0 Å². The van der Waals surface area contributed by atoms with E-state index in [-0.39, 0.29) is 11.5 Å². The van der Waals surface area contributed by atoms with Gasteiger partial charge in [-0.15, -0.1) is 0 Å². The molecule has 0 heterocycles. The highest BCUT2D eigenvalue weighted by Crippen LogP contribution is 2.46. The number of ether oxygens (including phenoxy) is 3. The molecule has 2 N–H and O–H groups in total. The second kappa shape index (κ2) is 5.18. The summed E-state index contributed by atoms with van der Waals surface area (Å²) in [5.74, 6) is 1.03. The van der Waals surface area contributed by atoms with Crippen LogP contribution in [0.3, 0.4) is 0 Å². The molecule has 114 valence electrons. The molecule has 0 spiro atoms. The van der Waals surface area contributed by atoms with E-state index in [2.05, 4.69) is 0 Å². The molecule has 0 unspecified atom stereocenters. The maximum Gasteiger partial charge on any atom is 0.201 e. The zero-order valence-electron chi connectivity index (χ0n) is 12.5. The lowest BCUT2D eigenvalue weighted by Gasteiger charge is -2.14. The van der Waals surface area contributed by atoms with E-state index in [0.717, 1.165) is 21.5 Å². The highest BCUT2D eigenvalue weighted by atomic mass is 16.5. The fraction of sp³-hybridized carbons (Fsp3) is 0.176. The van der Waals surface area contributed by atoms with E-state index in [1.807, 2.05) is 12.1 Å². The molecule has 3 aromatic rings.